The Morgan fingerprint density at radius 2 is 1.88 bits per heavy atom. The van der Waals surface area contributed by atoms with Gasteiger partial charge in [0.05, 0.1) is 6.61 Å². The van der Waals surface area contributed by atoms with Gasteiger partial charge in [-0.25, -0.2) is 0 Å². The molecular formula is C19H20N2O3. The zero-order valence-electron chi connectivity index (χ0n) is 13.6. The van der Waals surface area contributed by atoms with Gasteiger partial charge in [0.2, 0.25) is 5.91 Å². The first-order valence-corrected chi connectivity index (χ1v) is 7.95. The molecule has 1 heterocycles. The maximum atomic E-state index is 12.6. The molecule has 24 heavy (non-hydrogen) atoms. The van der Waals surface area contributed by atoms with Gasteiger partial charge in [0.25, 0.3) is 5.91 Å². The Labute approximate surface area is 141 Å². The molecule has 0 spiro atoms. The smallest absolute Gasteiger partial charge is 0.252 e. The Morgan fingerprint density at radius 3 is 2.62 bits per heavy atom. The normalized spacial score (nSPS) is 17.1. The van der Waals surface area contributed by atoms with Crippen LogP contribution in [-0.2, 0) is 16.1 Å². The van der Waals surface area contributed by atoms with Crippen LogP contribution in [0, 0.1) is 0 Å². The molecule has 0 aromatic heterocycles. The van der Waals surface area contributed by atoms with Gasteiger partial charge in [-0.2, -0.15) is 0 Å². The average molecular weight is 324 g/mol. The number of amides is 2. The van der Waals surface area contributed by atoms with Crippen molar-refractivity contribution in [1.82, 2.24) is 5.32 Å². The summed E-state index contributed by atoms with van der Waals surface area (Å²) in [6, 6.07) is 16.3. The van der Waals surface area contributed by atoms with E-state index in [1.165, 1.54) is 0 Å². The lowest BCUT2D eigenvalue weighted by atomic mass is 10.1. The Balaban J connectivity index is 1.71. The number of methoxy groups -OCH3 is 1. The van der Waals surface area contributed by atoms with Crippen molar-refractivity contribution >= 4 is 17.5 Å². The number of rotatable bonds is 5. The zero-order chi connectivity index (χ0) is 16.9. The molecule has 2 aromatic rings. The molecule has 2 amide bonds. The molecule has 5 nitrogen and oxygen atoms in total. The molecule has 1 fully saturated rings. The highest BCUT2D eigenvalue weighted by atomic mass is 16.5. The quantitative estimate of drug-likeness (QED) is 0.918. The van der Waals surface area contributed by atoms with Gasteiger partial charge in [0.1, 0.15) is 6.04 Å². The molecule has 3 rings (SSSR count). The summed E-state index contributed by atoms with van der Waals surface area (Å²) >= 11 is 0. The Kier molecular flexibility index (Phi) is 4.91. The second-order valence-corrected chi connectivity index (χ2v) is 5.73. The van der Waals surface area contributed by atoms with Gasteiger partial charge in [-0.3, -0.25) is 9.59 Å². The second-order valence-electron chi connectivity index (χ2n) is 5.73. The molecule has 0 aliphatic carbocycles. The SMILES string of the molecule is COCc1ccccc1C(=O)NC1CCN(c2ccccc2)C1=O. The average Bonchev–Trinajstić information content (AvgIpc) is 2.97. The monoisotopic (exact) mass is 324 g/mol. The number of hydrogen-bond donors (Lipinski definition) is 1. The molecule has 5 heteroatoms. The summed E-state index contributed by atoms with van der Waals surface area (Å²) in [6.45, 7) is 0.964. The van der Waals surface area contributed by atoms with Crippen molar-refractivity contribution in [3.05, 3.63) is 65.7 Å². The van der Waals surface area contributed by atoms with Gasteiger partial charge in [-0.15, -0.1) is 0 Å². The zero-order valence-corrected chi connectivity index (χ0v) is 13.6. The van der Waals surface area contributed by atoms with Gasteiger partial charge in [0.15, 0.2) is 0 Å². The van der Waals surface area contributed by atoms with E-state index in [1.807, 2.05) is 42.5 Å². The molecule has 0 saturated carbocycles. The number of anilines is 1. The Bertz CT molecular complexity index is 730. The molecule has 0 bridgehead atoms. The van der Waals surface area contributed by atoms with E-state index >= 15 is 0 Å². The number of carbonyl (C=O) groups excluding carboxylic acids is 2. The van der Waals surface area contributed by atoms with Gasteiger partial charge < -0.3 is 15.0 Å². The predicted molar refractivity (Wildman–Crippen MR) is 91.8 cm³/mol. The first-order chi connectivity index (χ1) is 11.7. The first-order valence-electron chi connectivity index (χ1n) is 7.95. The van der Waals surface area contributed by atoms with Crippen LogP contribution in [0.15, 0.2) is 54.6 Å². The molecule has 1 unspecified atom stereocenters. The number of carbonyl (C=O) groups is 2. The topological polar surface area (TPSA) is 58.6 Å². The van der Waals surface area contributed by atoms with Gasteiger partial charge in [0, 0.05) is 24.9 Å². The number of para-hydroxylation sites is 1. The Hall–Kier alpha value is -2.66. The van der Waals surface area contributed by atoms with Crippen molar-refractivity contribution in [2.75, 3.05) is 18.6 Å². The van der Waals surface area contributed by atoms with E-state index in [9.17, 15) is 9.59 Å². The number of ether oxygens (including phenoxy) is 1. The van der Waals surface area contributed by atoms with Crippen LogP contribution < -0.4 is 10.2 Å². The molecule has 1 aliphatic heterocycles. The lowest BCUT2D eigenvalue weighted by molar-refractivity contribution is -0.118. The lowest BCUT2D eigenvalue weighted by Crippen LogP contribution is -2.41. The van der Waals surface area contributed by atoms with Crippen molar-refractivity contribution in [3.8, 4) is 0 Å². The summed E-state index contributed by atoms with van der Waals surface area (Å²) in [4.78, 5) is 26.8. The third kappa shape index (κ3) is 3.31. The molecule has 2 aromatic carbocycles. The predicted octanol–water partition coefficient (Wildman–Crippen LogP) is 2.37. The number of nitrogens with zero attached hydrogens (tertiary/aromatic N) is 1. The molecule has 124 valence electrons. The van der Waals surface area contributed by atoms with E-state index in [2.05, 4.69) is 5.32 Å². The standard InChI is InChI=1S/C19H20N2O3/c1-24-13-14-7-5-6-10-16(14)18(22)20-17-11-12-21(19(17)23)15-8-3-2-4-9-15/h2-10,17H,11-13H2,1H3,(H,20,22). The highest BCUT2D eigenvalue weighted by molar-refractivity contribution is 6.04. The molecular weight excluding hydrogens is 304 g/mol. The number of nitrogens with one attached hydrogen (secondary N) is 1. The molecule has 1 atom stereocenters. The van der Waals surface area contributed by atoms with Crippen molar-refractivity contribution < 1.29 is 14.3 Å². The van der Waals surface area contributed by atoms with Crippen LogP contribution in [0.1, 0.15) is 22.3 Å². The summed E-state index contributed by atoms with van der Waals surface area (Å²) in [6.07, 6.45) is 0.603. The number of hydrogen-bond acceptors (Lipinski definition) is 3. The van der Waals surface area contributed by atoms with Gasteiger partial charge in [-0.1, -0.05) is 36.4 Å². The fourth-order valence-corrected chi connectivity index (χ4v) is 2.94. The summed E-state index contributed by atoms with van der Waals surface area (Å²) in [5.74, 6) is -0.310. The van der Waals surface area contributed by atoms with Crippen molar-refractivity contribution in [3.63, 3.8) is 0 Å². The summed E-state index contributed by atoms with van der Waals surface area (Å²) < 4.78 is 5.13. The van der Waals surface area contributed by atoms with Crippen LogP contribution in [0.3, 0.4) is 0 Å². The highest BCUT2D eigenvalue weighted by Crippen LogP contribution is 2.21. The second kappa shape index (κ2) is 7.27. The van der Waals surface area contributed by atoms with Crippen LogP contribution in [0.4, 0.5) is 5.69 Å². The van der Waals surface area contributed by atoms with Crippen LogP contribution in [0.5, 0.6) is 0 Å². The summed E-state index contributed by atoms with van der Waals surface area (Å²) in [5, 5.41) is 2.86. The Morgan fingerprint density at radius 1 is 1.17 bits per heavy atom. The van der Waals surface area contributed by atoms with Crippen LogP contribution in [0.2, 0.25) is 0 Å². The third-order valence-electron chi connectivity index (χ3n) is 4.14. The largest absolute Gasteiger partial charge is 0.380 e. The van der Waals surface area contributed by atoms with E-state index < -0.39 is 6.04 Å². The lowest BCUT2D eigenvalue weighted by Gasteiger charge is -2.17. The van der Waals surface area contributed by atoms with E-state index in [0.717, 1.165) is 11.3 Å². The maximum absolute atomic E-state index is 12.6. The molecule has 1 N–H and O–H groups in total. The van der Waals surface area contributed by atoms with E-state index in [4.69, 9.17) is 4.74 Å². The molecule has 1 saturated heterocycles. The summed E-state index contributed by atoms with van der Waals surface area (Å²) in [7, 11) is 1.59. The van der Waals surface area contributed by atoms with E-state index in [1.54, 1.807) is 24.1 Å². The van der Waals surface area contributed by atoms with Crippen LogP contribution in [0.25, 0.3) is 0 Å². The summed E-state index contributed by atoms with van der Waals surface area (Å²) in [5.41, 5.74) is 2.22. The van der Waals surface area contributed by atoms with Crippen LogP contribution >= 0.6 is 0 Å². The van der Waals surface area contributed by atoms with Crippen LogP contribution in [-0.4, -0.2) is 31.5 Å². The molecule has 0 radical (unpaired) electrons. The van der Waals surface area contributed by atoms with Crippen molar-refractivity contribution in [1.29, 1.82) is 0 Å². The fraction of sp³-hybridized carbons (Fsp3) is 0.263. The highest BCUT2D eigenvalue weighted by Gasteiger charge is 2.33. The fourth-order valence-electron chi connectivity index (χ4n) is 2.94. The van der Waals surface area contributed by atoms with Crippen molar-refractivity contribution in [2.45, 2.75) is 19.1 Å². The maximum Gasteiger partial charge on any atom is 0.252 e. The van der Waals surface area contributed by atoms with E-state index in [-0.39, 0.29) is 11.8 Å². The molecule has 1 aliphatic rings. The minimum atomic E-state index is -0.492. The van der Waals surface area contributed by atoms with E-state index in [0.29, 0.717) is 25.1 Å². The first kappa shape index (κ1) is 16.2. The third-order valence-corrected chi connectivity index (χ3v) is 4.14. The number of benzene rings is 2. The van der Waals surface area contributed by atoms with Gasteiger partial charge >= 0.3 is 0 Å². The van der Waals surface area contributed by atoms with Crippen molar-refractivity contribution in [2.24, 2.45) is 0 Å². The minimum absolute atomic E-state index is 0.0706. The minimum Gasteiger partial charge on any atom is -0.380 e. The van der Waals surface area contributed by atoms with Gasteiger partial charge in [-0.05, 0) is 30.2 Å².